The van der Waals surface area contributed by atoms with Crippen molar-refractivity contribution >= 4 is 28.5 Å². The summed E-state index contributed by atoms with van der Waals surface area (Å²) in [7, 11) is 0. The first-order valence-corrected chi connectivity index (χ1v) is 12.0. The topological polar surface area (TPSA) is 139 Å². The Labute approximate surface area is 208 Å². The number of hydrogen-bond donors (Lipinski definition) is 3. The molecule has 0 unspecified atom stereocenters. The first kappa shape index (κ1) is 27.5. The number of hydrogen-bond acceptors (Lipinski definition) is 8. The monoisotopic (exact) mass is 507 g/mol. The van der Waals surface area contributed by atoms with Crippen LogP contribution >= 0.6 is 0 Å². The third-order valence-electron chi connectivity index (χ3n) is 6.05. The largest absolute Gasteiger partial charge is 0.477 e. The fraction of sp³-hybridized carbons (Fsp3) is 0.542. The number of anilines is 1. The summed E-state index contributed by atoms with van der Waals surface area (Å²) in [4.78, 5) is 39.9. The molecule has 1 aromatic carbocycles. The van der Waals surface area contributed by atoms with Crippen LogP contribution in [0.25, 0.3) is 10.9 Å². The molecule has 198 valence electrons. The van der Waals surface area contributed by atoms with E-state index in [-0.39, 0.29) is 23.5 Å². The zero-order chi connectivity index (χ0) is 26.1. The van der Waals surface area contributed by atoms with Gasteiger partial charge in [-0.25, -0.2) is 9.18 Å². The predicted octanol–water partition coefficient (Wildman–Crippen LogP) is 0.0888. The fourth-order valence-corrected chi connectivity index (χ4v) is 4.14. The van der Waals surface area contributed by atoms with E-state index >= 15 is 4.39 Å². The number of nitrogens with two attached hydrogens (primary N) is 1. The summed E-state index contributed by atoms with van der Waals surface area (Å²) in [5, 5.41) is 12.2. The summed E-state index contributed by atoms with van der Waals surface area (Å²) in [5.41, 5.74) is 5.14. The normalized spacial score (nSPS) is 14.4. The highest BCUT2D eigenvalue weighted by atomic mass is 19.1. The van der Waals surface area contributed by atoms with E-state index in [1.54, 1.807) is 10.6 Å². The molecule has 3 rings (SSSR count). The number of pyridine rings is 1. The number of aromatic carboxylic acids is 1. The Morgan fingerprint density at radius 3 is 2.53 bits per heavy atom. The average Bonchev–Trinajstić information content (AvgIpc) is 2.86. The minimum atomic E-state index is -1.33. The molecule has 2 aromatic rings. The van der Waals surface area contributed by atoms with E-state index in [1.165, 1.54) is 6.20 Å². The maximum absolute atomic E-state index is 15.0. The summed E-state index contributed by atoms with van der Waals surface area (Å²) >= 11 is 0. The van der Waals surface area contributed by atoms with Gasteiger partial charge in [0, 0.05) is 63.9 Å². The average molecular weight is 508 g/mol. The molecule has 0 radical (unpaired) electrons. The van der Waals surface area contributed by atoms with Gasteiger partial charge >= 0.3 is 5.97 Å². The van der Waals surface area contributed by atoms with Crippen molar-refractivity contribution in [2.45, 2.75) is 13.5 Å². The van der Waals surface area contributed by atoms with E-state index in [2.05, 4.69) is 10.2 Å². The van der Waals surface area contributed by atoms with Gasteiger partial charge < -0.3 is 35.1 Å². The van der Waals surface area contributed by atoms with Crippen LogP contribution in [-0.4, -0.2) is 98.7 Å². The number of carbonyl (C=O) groups excluding carboxylic acids is 1. The van der Waals surface area contributed by atoms with Crippen LogP contribution in [0.5, 0.6) is 0 Å². The maximum Gasteiger partial charge on any atom is 0.341 e. The van der Waals surface area contributed by atoms with Crippen molar-refractivity contribution in [2.24, 2.45) is 5.73 Å². The number of halogens is 1. The number of aryl methyl sites for hydroxylation is 1. The second-order valence-corrected chi connectivity index (χ2v) is 8.42. The molecule has 11 nitrogen and oxygen atoms in total. The van der Waals surface area contributed by atoms with E-state index in [0.717, 1.165) is 6.07 Å². The van der Waals surface area contributed by atoms with Crippen LogP contribution in [0.4, 0.5) is 10.1 Å². The SMILES string of the molecule is CCn1cc(C(=O)O)c(=O)c2cc(F)c(N3CCN(CCNC(=O)COCCOCCN)CC3)cc21. The number of rotatable bonds is 13. The highest BCUT2D eigenvalue weighted by molar-refractivity contribution is 5.93. The van der Waals surface area contributed by atoms with Gasteiger partial charge in [0.1, 0.15) is 18.0 Å². The van der Waals surface area contributed by atoms with Crippen molar-refractivity contribution < 1.29 is 28.6 Å². The van der Waals surface area contributed by atoms with Crippen molar-refractivity contribution in [3.63, 3.8) is 0 Å². The molecule has 12 heteroatoms. The van der Waals surface area contributed by atoms with Gasteiger partial charge in [0.25, 0.3) is 0 Å². The van der Waals surface area contributed by atoms with Crippen molar-refractivity contribution in [3.05, 3.63) is 39.9 Å². The number of benzene rings is 1. The number of aromatic nitrogens is 1. The van der Waals surface area contributed by atoms with Crippen LogP contribution < -0.4 is 21.4 Å². The molecule has 1 saturated heterocycles. The predicted molar refractivity (Wildman–Crippen MR) is 133 cm³/mol. The number of carboxylic acid groups (broad SMARTS) is 1. The summed E-state index contributed by atoms with van der Waals surface area (Å²) in [6, 6.07) is 2.76. The highest BCUT2D eigenvalue weighted by Crippen LogP contribution is 2.26. The standard InChI is InChI=1S/C24H34FN5O6/c1-2-29-15-18(24(33)34)23(32)17-13-19(25)21(14-20(17)29)30-8-6-28(7-9-30)5-4-27-22(31)16-36-12-11-35-10-3-26/h13-15H,2-12,16,26H2,1H3,(H,27,31)(H,33,34). The van der Waals surface area contributed by atoms with E-state index in [4.69, 9.17) is 15.2 Å². The molecular formula is C24H34FN5O6. The Morgan fingerprint density at radius 2 is 1.86 bits per heavy atom. The smallest absolute Gasteiger partial charge is 0.341 e. The lowest BCUT2D eigenvalue weighted by molar-refractivity contribution is -0.126. The zero-order valence-corrected chi connectivity index (χ0v) is 20.5. The lowest BCUT2D eigenvalue weighted by atomic mass is 10.1. The van der Waals surface area contributed by atoms with Crippen molar-refractivity contribution in [1.29, 1.82) is 0 Å². The number of carbonyl (C=O) groups is 2. The molecule has 0 aliphatic carbocycles. The van der Waals surface area contributed by atoms with Crippen LogP contribution in [-0.2, 0) is 20.8 Å². The Morgan fingerprint density at radius 1 is 1.14 bits per heavy atom. The summed E-state index contributed by atoms with van der Waals surface area (Å²) in [6.45, 7) is 7.53. The van der Waals surface area contributed by atoms with Gasteiger partial charge in [-0.3, -0.25) is 14.5 Å². The molecule has 1 aliphatic rings. The lowest BCUT2D eigenvalue weighted by Gasteiger charge is -2.36. The molecular weight excluding hydrogens is 473 g/mol. The second-order valence-electron chi connectivity index (χ2n) is 8.42. The third-order valence-corrected chi connectivity index (χ3v) is 6.05. The Kier molecular flexibility index (Phi) is 10.2. The number of nitrogens with zero attached hydrogens (tertiary/aromatic N) is 3. The van der Waals surface area contributed by atoms with Crippen molar-refractivity contribution in [3.8, 4) is 0 Å². The van der Waals surface area contributed by atoms with Gasteiger partial charge in [-0.15, -0.1) is 0 Å². The maximum atomic E-state index is 15.0. The van der Waals surface area contributed by atoms with Gasteiger partial charge in [-0.1, -0.05) is 0 Å². The van der Waals surface area contributed by atoms with Crippen LogP contribution in [0, 0.1) is 5.82 Å². The third kappa shape index (κ3) is 7.00. The Bertz CT molecular complexity index is 1120. The van der Waals surface area contributed by atoms with E-state index in [9.17, 15) is 19.5 Å². The minimum Gasteiger partial charge on any atom is -0.477 e. The molecule has 2 heterocycles. The molecule has 0 spiro atoms. The van der Waals surface area contributed by atoms with E-state index < -0.39 is 17.2 Å². The van der Waals surface area contributed by atoms with Crippen LogP contribution in [0.15, 0.2) is 23.1 Å². The molecule has 0 saturated carbocycles. The number of fused-ring (bicyclic) bond motifs is 1. The van der Waals surface area contributed by atoms with Crippen LogP contribution in [0.2, 0.25) is 0 Å². The first-order chi connectivity index (χ1) is 17.3. The van der Waals surface area contributed by atoms with Gasteiger partial charge in [-0.05, 0) is 19.1 Å². The molecule has 1 aromatic heterocycles. The fourth-order valence-electron chi connectivity index (χ4n) is 4.14. The zero-order valence-electron chi connectivity index (χ0n) is 20.5. The summed E-state index contributed by atoms with van der Waals surface area (Å²) < 4.78 is 27.1. The van der Waals surface area contributed by atoms with Crippen molar-refractivity contribution in [1.82, 2.24) is 14.8 Å². The Balaban J connectivity index is 1.52. The van der Waals surface area contributed by atoms with E-state index in [0.29, 0.717) is 83.4 Å². The quantitative estimate of drug-likeness (QED) is 0.322. The molecule has 1 fully saturated rings. The van der Waals surface area contributed by atoms with Gasteiger partial charge in [0.2, 0.25) is 11.3 Å². The molecule has 1 aliphatic heterocycles. The van der Waals surface area contributed by atoms with Gasteiger partial charge in [0.15, 0.2) is 0 Å². The first-order valence-electron chi connectivity index (χ1n) is 12.0. The minimum absolute atomic E-state index is 0.0300. The number of ether oxygens (including phenoxy) is 2. The summed E-state index contributed by atoms with van der Waals surface area (Å²) in [6.07, 6.45) is 1.31. The van der Waals surface area contributed by atoms with Crippen LogP contribution in [0.3, 0.4) is 0 Å². The summed E-state index contributed by atoms with van der Waals surface area (Å²) in [5.74, 6) is -2.08. The van der Waals surface area contributed by atoms with E-state index in [1.807, 2.05) is 11.8 Å². The molecule has 36 heavy (non-hydrogen) atoms. The van der Waals surface area contributed by atoms with Gasteiger partial charge in [-0.2, -0.15) is 0 Å². The van der Waals surface area contributed by atoms with Gasteiger partial charge in [0.05, 0.1) is 31.0 Å². The number of carboxylic acids is 1. The molecule has 0 atom stereocenters. The van der Waals surface area contributed by atoms with Crippen LogP contribution in [0.1, 0.15) is 17.3 Å². The Hall–Kier alpha value is -3.06. The number of piperazine rings is 1. The number of amides is 1. The molecule has 1 amide bonds. The lowest BCUT2D eigenvalue weighted by Crippen LogP contribution is -2.49. The molecule has 4 N–H and O–H groups in total. The van der Waals surface area contributed by atoms with Crippen molar-refractivity contribution in [2.75, 3.05) is 77.1 Å². The number of nitrogens with one attached hydrogen (secondary N) is 1. The molecule has 0 bridgehead atoms. The second kappa shape index (κ2) is 13.3. The highest BCUT2D eigenvalue weighted by Gasteiger charge is 2.22.